The second-order valence-electron chi connectivity index (χ2n) is 9.60. The van der Waals surface area contributed by atoms with E-state index in [1.54, 1.807) is 21.8 Å². The Morgan fingerprint density at radius 2 is 1.69 bits per heavy atom. The first-order valence-corrected chi connectivity index (χ1v) is 14.4. The van der Waals surface area contributed by atoms with Gasteiger partial charge in [-0.1, -0.05) is 0 Å². The zero-order valence-electron chi connectivity index (χ0n) is 19.7. The summed E-state index contributed by atoms with van der Waals surface area (Å²) < 4.78 is 61.4. The van der Waals surface area contributed by atoms with Crippen molar-refractivity contribution in [2.24, 2.45) is 5.92 Å². The summed E-state index contributed by atoms with van der Waals surface area (Å²) in [5.41, 5.74) is -0.562. The van der Waals surface area contributed by atoms with Crippen molar-refractivity contribution < 1.29 is 26.4 Å². The number of carbonyl (C=O) groups is 1. The Kier molecular flexibility index (Phi) is 5.84. The van der Waals surface area contributed by atoms with Gasteiger partial charge < -0.3 is 9.64 Å². The van der Waals surface area contributed by atoms with Gasteiger partial charge in [-0.25, -0.2) is 34.9 Å². The summed E-state index contributed by atoms with van der Waals surface area (Å²) in [6.07, 6.45) is 4.57. The molecule has 190 valence electrons. The molecule has 0 N–H and O–H groups in total. The Balaban J connectivity index is 1.34. The highest BCUT2D eigenvalue weighted by molar-refractivity contribution is 7.93. The van der Waals surface area contributed by atoms with Gasteiger partial charge in [0.05, 0.1) is 34.7 Å². The summed E-state index contributed by atoms with van der Waals surface area (Å²) in [7, 11) is -4.79. The lowest BCUT2D eigenvalue weighted by Crippen LogP contribution is -2.50. The molecule has 0 bridgehead atoms. The molecule has 1 aromatic carbocycles. The van der Waals surface area contributed by atoms with Crippen molar-refractivity contribution in [2.45, 2.75) is 41.0 Å². The van der Waals surface area contributed by atoms with E-state index in [2.05, 4.69) is 5.10 Å². The lowest BCUT2D eigenvalue weighted by molar-refractivity contribution is 0.0686. The van der Waals surface area contributed by atoms with Gasteiger partial charge in [0.1, 0.15) is 5.82 Å². The van der Waals surface area contributed by atoms with Crippen LogP contribution in [0.2, 0.25) is 0 Å². The normalized spacial score (nSPS) is 19.9. The maximum absolute atomic E-state index is 13.6. The molecule has 1 amide bonds. The van der Waals surface area contributed by atoms with Crippen LogP contribution in [-0.2, 0) is 30.3 Å². The van der Waals surface area contributed by atoms with Gasteiger partial charge in [-0.2, -0.15) is 5.10 Å². The summed E-state index contributed by atoms with van der Waals surface area (Å²) in [5, 5.41) is 4.43. The SMILES string of the molecule is CN(C)S(=O)(=O)c1ccc(S(=O)(=O)N2CC3(CCN(C(=O)OCC4CC4)CC3)n3nccc32)cc1. The molecule has 2 fully saturated rings. The molecule has 1 aliphatic carbocycles. The second-order valence-corrected chi connectivity index (χ2v) is 13.6. The molecule has 0 radical (unpaired) electrons. The lowest BCUT2D eigenvalue weighted by atomic mass is 9.88. The number of hydrogen-bond acceptors (Lipinski definition) is 7. The number of amides is 1. The van der Waals surface area contributed by atoms with Gasteiger partial charge in [0.25, 0.3) is 10.0 Å². The van der Waals surface area contributed by atoms with Gasteiger partial charge in [0.15, 0.2) is 0 Å². The smallest absolute Gasteiger partial charge is 0.409 e. The number of rotatable bonds is 6. The molecule has 3 aliphatic rings. The summed E-state index contributed by atoms with van der Waals surface area (Å²) >= 11 is 0. The first kappa shape index (κ1) is 24.1. The maximum atomic E-state index is 13.6. The number of anilines is 1. The topological polar surface area (TPSA) is 122 Å². The molecule has 1 saturated carbocycles. The molecule has 35 heavy (non-hydrogen) atoms. The zero-order valence-corrected chi connectivity index (χ0v) is 21.3. The number of carbonyl (C=O) groups excluding carboxylic acids is 1. The van der Waals surface area contributed by atoms with E-state index in [9.17, 15) is 21.6 Å². The number of hydrogen-bond donors (Lipinski definition) is 0. The number of piperidine rings is 1. The standard InChI is InChI=1S/C22H29N5O6S2/c1-24(2)34(29,30)18-5-7-19(8-6-18)35(31,32)26-16-22(27-20(26)9-12-23-27)10-13-25(14-11-22)21(28)33-15-17-3-4-17/h5-9,12,17H,3-4,10-11,13-16H2,1-2H3. The summed E-state index contributed by atoms with van der Waals surface area (Å²) in [6, 6.07) is 6.90. The monoisotopic (exact) mass is 523 g/mol. The first-order chi connectivity index (χ1) is 16.5. The van der Waals surface area contributed by atoms with E-state index in [1.165, 1.54) is 42.7 Å². The third-order valence-electron chi connectivity index (χ3n) is 7.05. The third kappa shape index (κ3) is 4.19. The fraction of sp³-hybridized carbons (Fsp3) is 0.545. The molecule has 2 aromatic rings. The highest BCUT2D eigenvalue weighted by Gasteiger charge is 2.49. The number of likely N-dealkylation sites (tertiary alicyclic amines) is 1. The molecule has 0 atom stereocenters. The zero-order chi connectivity index (χ0) is 25.0. The molecule has 0 unspecified atom stereocenters. The highest BCUT2D eigenvalue weighted by atomic mass is 32.2. The van der Waals surface area contributed by atoms with Crippen molar-refractivity contribution in [3.8, 4) is 0 Å². The number of aromatic nitrogens is 2. The van der Waals surface area contributed by atoms with Gasteiger partial charge >= 0.3 is 6.09 Å². The van der Waals surface area contributed by atoms with Crippen LogP contribution in [0.3, 0.4) is 0 Å². The van der Waals surface area contributed by atoms with Gasteiger partial charge in [0, 0.05) is 33.3 Å². The van der Waals surface area contributed by atoms with E-state index in [0.29, 0.717) is 44.3 Å². The average molecular weight is 524 g/mol. The minimum atomic E-state index is -3.96. The van der Waals surface area contributed by atoms with E-state index in [-0.39, 0.29) is 22.4 Å². The quantitative estimate of drug-likeness (QED) is 0.565. The molecule has 13 heteroatoms. The van der Waals surface area contributed by atoms with E-state index in [0.717, 1.165) is 17.1 Å². The Morgan fingerprint density at radius 1 is 1.06 bits per heavy atom. The van der Waals surface area contributed by atoms with Crippen molar-refractivity contribution in [1.82, 2.24) is 19.0 Å². The van der Waals surface area contributed by atoms with Crippen LogP contribution >= 0.6 is 0 Å². The number of sulfonamides is 2. The van der Waals surface area contributed by atoms with Crippen LogP contribution in [-0.4, -0.2) is 82.3 Å². The highest BCUT2D eigenvalue weighted by Crippen LogP contribution is 2.43. The predicted octanol–water partition coefficient (Wildman–Crippen LogP) is 1.68. The van der Waals surface area contributed by atoms with Gasteiger partial charge in [-0.05, 0) is 55.9 Å². The third-order valence-corrected chi connectivity index (χ3v) is 10.6. The molecular formula is C22H29N5O6S2. The fourth-order valence-electron chi connectivity index (χ4n) is 4.64. The van der Waals surface area contributed by atoms with Crippen molar-refractivity contribution in [3.05, 3.63) is 36.5 Å². The van der Waals surface area contributed by atoms with Crippen LogP contribution in [0.5, 0.6) is 0 Å². The second kappa shape index (κ2) is 8.49. The van der Waals surface area contributed by atoms with Crippen LogP contribution in [0, 0.1) is 5.92 Å². The first-order valence-electron chi connectivity index (χ1n) is 11.6. The molecule has 1 spiro atoms. The molecule has 1 aromatic heterocycles. The maximum Gasteiger partial charge on any atom is 0.409 e. The van der Waals surface area contributed by atoms with Gasteiger partial charge in [-0.15, -0.1) is 0 Å². The van der Waals surface area contributed by atoms with E-state index < -0.39 is 25.6 Å². The summed E-state index contributed by atoms with van der Waals surface area (Å²) in [5.74, 6) is 0.951. The van der Waals surface area contributed by atoms with Gasteiger partial charge in [0.2, 0.25) is 10.0 Å². The van der Waals surface area contributed by atoms with Crippen molar-refractivity contribution in [3.63, 3.8) is 0 Å². The largest absolute Gasteiger partial charge is 0.449 e. The summed E-state index contributed by atoms with van der Waals surface area (Å²) in [6.45, 7) is 1.56. The summed E-state index contributed by atoms with van der Waals surface area (Å²) in [4.78, 5) is 14.1. The fourth-order valence-corrected chi connectivity index (χ4v) is 7.07. The van der Waals surface area contributed by atoms with Crippen molar-refractivity contribution in [2.75, 3.05) is 44.6 Å². The number of fused-ring (bicyclic) bond motifs is 2. The van der Waals surface area contributed by atoms with Crippen molar-refractivity contribution in [1.29, 1.82) is 0 Å². The van der Waals surface area contributed by atoms with E-state index >= 15 is 0 Å². The minimum Gasteiger partial charge on any atom is -0.449 e. The van der Waals surface area contributed by atoms with Crippen LogP contribution in [0.4, 0.5) is 10.6 Å². The Morgan fingerprint density at radius 3 is 2.29 bits per heavy atom. The van der Waals surface area contributed by atoms with Crippen LogP contribution in [0.15, 0.2) is 46.3 Å². The minimum absolute atomic E-state index is 0.00101. The van der Waals surface area contributed by atoms with E-state index in [4.69, 9.17) is 4.74 Å². The van der Waals surface area contributed by atoms with Gasteiger partial charge in [-0.3, -0.25) is 0 Å². The molecule has 3 heterocycles. The Hall–Kier alpha value is -2.64. The molecule has 5 rings (SSSR count). The lowest BCUT2D eigenvalue weighted by Gasteiger charge is -2.38. The Bertz CT molecular complexity index is 1320. The molecule has 1 saturated heterocycles. The van der Waals surface area contributed by atoms with Crippen LogP contribution in [0.1, 0.15) is 25.7 Å². The van der Waals surface area contributed by atoms with Crippen molar-refractivity contribution >= 4 is 32.0 Å². The Labute approximate surface area is 205 Å². The predicted molar refractivity (Wildman–Crippen MR) is 127 cm³/mol. The molecule has 11 nitrogen and oxygen atoms in total. The van der Waals surface area contributed by atoms with Crippen LogP contribution < -0.4 is 4.31 Å². The molecule has 2 aliphatic heterocycles. The van der Waals surface area contributed by atoms with E-state index in [1.807, 2.05) is 0 Å². The molecular weight excluding hydrogens is 494 g/mol. The number of nitrogens with zero attached hydrogens (tertiary/aromatic N) is 5. The number of ether oxygens (including phenoxy) is 1. The average Bonchev–Trinajstić information content (AvgIpc) is 3.45. The van der Waals surface area contributed by atoms with Crippen LogP contribution in [0.25, 0.3) is 0 Å². The number of benzene rings is 1.